The number of rotatable bonds is 12. The lowest BCUT2D eigenvalue weighted by Gasteiger charge is -2.36. The summed E-state index contributed by atoms with van der Waals surface area (Å²) < 4.78 is 8.49. The number of amides is 3. The Kier molecular flexibility index (Phi) is 12.0. The first-order valence-corrected chi connectivity index (χ1v) is 19.7. The van der Waals surface area contributed by atoms with Crippen LogP contribution in [0.1, 0.15) is 69.9 Å². The summed E-state index contributed by atoms with van der Waals surface area (Å²) in [5.74, 6) is 0.363. The lowest BCUT2D eigenvalue weighted by atomic mass is 9.85. The van der Waals surface area contributed by atoms with E-state index in [1.54, 1.807) is 17.4 Å². The number of hydrogen-bond acceptors (Lipinski definition) is 8. The van der Waals surface area contributed by atoms with E-state index in [0.29, 0.717) is 18.9 Å². The minimum atomic E-state index is -0.748. The number of halogens is 1. The molecule has 3 amide bonds. The van der Waals surface area contributed by atoms with Crippen LogP contribution in [0, 0.1) is 32.1 Å². The molecule has 12 nitrogen and oxygen atoms in total. The first-order chi connectivity index (χ1) is 25.7. The standard InChI is InChI=1S/C41H53BrN8O4/c1-26-9-10-30(37-27(2)46-54-28(37)3)22-35(26)49(31-11-12-33(32(42)23-31)48-21-16-44-25-48)20-15-29-13-18-47(19-14-29)24-36(51)45-38(41(4,5)6)40(53)50-17-7-8-34(50)39(43)52/h9-12,16,21-23,25,29,34,38H,7-8,13-15,17-20,24H2,1-6H3,(H2,43,52)(H,45,51)/t34-,38+/m0/s1. The van der Waals surface area contributed by atoms with Crippen molar-refractivity contribution in [2.45, 2.75) is 85.7 Å². The number of carbonyl (C=O) groups is 3. The SMILES string of the molecule is Cc1ccc(-c2c(C)noc2C)cc1N(CCC1CCN(CC(=O)N[C@H](C(=O)N2CCC[C@H]2C(N)=O)C(C)(C)C)CC1)c1ccc(-n2ccnc2)c(Br)c1. The van der Waals surface area contributed by atoms with E-state index in [-0.39, 0.29) is 18.4 Å². The lowest BCUT2D eigenvalue weighted by Crippen LogP contribution is -2.58. The molecule has 13 heteroatoms. The molecule has 0 spiro atoms. The molecular weight excluding hydrogens is 748 g/mol. The third-order valence-corrected chi connectivity index (χ3v) is 11.6. The molecule has 2 aromatic carbocycles. The molecule has 0 radical (unpaired) electrons. The monoisotopic (exact) mass is 800 g/mol. The van der Waals surface area contributed by atoms with Gasteiger partial charge in [-0.15, -0.1) is 0 Å². The number of nitrogens with zero attached hydrogens (tertiary/aromatic N) is 6. The van der Waals surface area contributed by atoms with Gasteiger partial charge in [0.2, 0.25) is 17.7 Å². The van der Waals surface area contributed by atoms with Gasteiger partial charge in [0.05, 0.1) is 24.3 Å². The summed E-state index contributed by atoms with van der Waals surface area (Å²) in [6, 6.07) is 11.6. The summed E-state index contributed by atoms with van der Waals surface area (Å²) in [6.07, 6.45) is 9.70. The van der Waals surface area contributed by atoms with Crippen LogP contribution >= 0.6 is 15.9 Å². The minimum Gasteiger partial charge on any atom is -0.368 e. The fraction of sp³-hybridized carbons (Fsp3) is 0.488. The molecule has 54 heavy (non-hydrogen) atoms. The van der Waals surface area contributed by atoms with Gasteiger partial charge in [-0.05, 0) is 129 Å². The number of aromatic nitrogens is 3. The zero-order chi connectivity index (χ0) is 38.7. The van der Waals surface area contributed by atoms with Gasteiger partial charge < -0.3 is 29.9 Å². The second kappa shape index (κ2) is 16.5. The summed E-state index contributed by atoms with van der Waals surface area (Å²) in [4.78, 5) is 49.4. The Morgan fingerprint density at radius 1 is 1.06 bits per heavy atom. The number of imidazole rings is 1. The lowest BCUT2D eigenvalue weighted by molar-refractivity contribution is -0.143. The Morgan fingerprint density at radius 2 is 1.81 bits per heavy atom. The number of benzene rings is 2. The van der Waals surface area contributed by atoms with E-state index in [4.69, 9.17) is 10.3 Å². The molecule has 6 rings (SSSR count). The smallest absolute Gasteiger partial charge is 0.246 e. The number of anilines is 2. The molecule has 2 aromatic heterocycles. The fourth-order valence-electron chi connectivity index (χ4n) is 7.91. The van der Waals surface area contributed by atoms with Crippen LogP contribution in [0.25, 0.3) is 16.8 Å². The van der Waals surface area contributed by atoms with Crippen LogP contribution in [0.3, 0.4) is 0 Å². The Bertz CT molecular complexity index is 1940. The van der Waals surface area contributed by atoms with Crippen LogP contribution < -0.4 is 16.0 Å². The number of primary amides is 1. The van der Waals surface area contributed by atoms with Gasteiger partial charge in [-0.2, -0.15) is 0 Å². The van der Waals surface area contributed by atoms with Gasteiger partial charge in [-0.25, -0.2) is 4.98 Å². The van der Waals surface area contributed by atoms with E-state index >= 15 is 0 Å². The van der Waals surface area contributed by atoms with E-state index in [9.17, 15) is 14.4 Å². The molecule has 2 saturated heterocycles. The zero-order valence-electron chi connectivity index (χ0n) is 32.3. The highest BCUT2D eigenvalue weighted by molar-refractivity contribution is 9.10. The van der Waals surface area contributed by atoms with Gasteiger partial charge in [0, 0.05) is 46.9 Å². The maximum atomic E-state index is 13.6. The van der Waals surface area contributed by atoms with Crippen molar-refractivity contribution >= 4 is 45.0 Å². The van der Waals surface area contributed by atoms with Crippen LogP contribution in [0.4, 0.5) is 11.4 Å². The Hall–Kier alpha value is -4.49. The van der Waals surface area contributed by atoms with Crippen molar-refractivity contribution in [2.75, 3.05) is 37.6 Å². The van der Waals surface area contributed by atoms with Crippen molar-refractivity contribution in [3.8, 4) is 16.8 Å². The predicted molar refractivity (Wildman–Crippen MR) is 214 cm³/mol. The van der Waals surface area contributed by atoms with Crippen LogP contribution in [0.2, 0.25) is 0 Å². The molecule has 0 saturated carbocycles. The molecule has 0 bridgehead atoms. The molecular formula is C41H53BrN8O4. The third kappa shape index (κ3) is 8.73. The maximum Gasteiger partial charge on any atom is 0.246 e. The highest BCUT2D eigenvalue weighted by Crippen LogP contribution is 2.38. The molecule has 2 aliphatic rings. The summed E-state index contributed by atoms with van der Waals surface area (Å²) in [5.41, 5.74) is 12.4. The Labute approximate surface area is 326 Å². The van der Waals surface area contributed by atoms with Gasteiger partial charge in [-0.3, -0.25) is 19.3 Å². The van der Waals surface area contributed by atoms with Crippen molar-refractivity contribution in [2.24, 2.45) is 17.1 Å². The number of nitrogens with two attached hydrogens (primary N) is 1. The molecule has 3 N–H and O–H groups in total. The van der Waals surface area contributed by atoms with E-state index in [1.165, 1.54) is 5.56 Å². The largest absolute Gasteiger partial charge is 0.368 e. The van der Waals surface area contributed by atoms with Crippen molar-refractivity contribution in [1.82, 2.24) is 29.8 Å². The third-order valence-electron chi connectivity index (χ3n) is 11.0. The average Bonchev–Trinajstić information content (AvgIpc) is 3.91. The maximum absolute atomic E-state index is 13.6. The topological polar surface area (TPSA) is 143 Å². The highest BCUT2D eigenvalue weighted by atomic mass is 79.9. The zero-order valence-corrected chi connectivity index (χ0v) is 33.9. The van der Waals surface area contributed by atoms with E-state index in [2.05, 4.69) is 84.5 Å². The molecule has 288 valence electrons. The van der Waals surface area contributed by atoms with E-state index < -0.39 is 23.4 Å². The number of aryl methyl sites for hydroxylation is 3. The molecule has 0 aliphatic carbocycles. The minimum absolute atomic E-state index is 0.180. The Balaban J connectivity index is 1.13. The average molecular weight is 802 g/mol. The summed E-state index contributed by atoms with van der Waals surface area (Å²) in [7, 11) is 0. The fourth-order valence-corrected chi connectivity index (χ4v) is 8.48. The van der Waals surface area contributed by atoms with Gasteiger partial charge >= 0.3 is 0 Å². The van der Waals surface area contributed by atoms with Crippen molar-refractivity contribution in [3.63, 3.8) is 0 Å². The first kappa shape index (κ1) is 39.2. The number of carbonyl (C=O) groups excluding carboxylic acids is 3. The number of nitrogens with one attached hydrogen (secondary N) is 1. The van der Waals surface area contributed by atoms with Gasteiger partial charge in [-0.1, -0.05) is 38.1 Å². The normalized spacial score (nSPS) is 17.5. The molecule has 4 heterocycles. The van der Waals surface area contributed by atoms with Crippen molar-refractivity contribution < 1.29 is 18.9 Å². The second-order valence-corrected chi connectivity index (χ2v) is 16.8. The van der Waals surface area contributed by atoms with Gasteiger partial charge in [0.25, 0.3) is 0 Å². The first-order valence-electron chi connectivity index (χ1n) is 18.9. The number of likely N-dealkylation sites (tertiary alicyclic amines) is 2. The van der Waals surface area contributed by atoms with Crippen LogP contribution in [-0.2, 0) is 14.4 Å². The Morgan fingerprint density at radius 3 is 2.44 bits per heavy atom. The summed E-state index contributed by atoms with van der Waals surface area (Å²) in [5, 5.41) is 7.23. The van der Waals surface area contributed by atoms with Crippen LogP contribution in [0.5, 0.6) is 0 Å². The quantitative estimate of drug-likeness (QED) is 0.166. The summed E-state index contributed by atoms with van der Waals surface area (Å²) in [6.45, 7) is 15.0. The van der Waals surface area contributed by atoms with Gasteiger partial charge in [0.1, 0.15) is 17.8 Å². The molecule has 0 unspecified atom stereocenters. The van der Waals surface area contributed by atoms with Gasteiger partial charge in [0.15, 0.2) is 0 Å². The molecule has 4 aromatic rings. The summed E-state index contributed by atoms with van der Waals surface area (Å²) >= 11 is 3.83. The van der Waals surface area contributed by atoms with Crippen molar-refractivity contribution in [3.05, 3.63) is 76.6 Å². The predicted octanol–water partition coefficient (Wildman–Crippen LogP) is 6.46. The van der Waals surface area contributed by atoms with E-state index in [0.717, 1.165) is 89.4 Å². The second-order valence-electron chi connectivity index (χ2n) is 15.9. The number of piperidine rings is 1. The van der Waals surface area contributed by atoms with Crippen LogP contribution in [0.15, 0.2) is 64.1 Å². The van der Waals surface area contributed by atoms with Crippen LogP contribution in [-0.4, -0.2) is 87.0 Å². The highest BCUT2D eigenvalue weighted by Gasteiger charge is 2.41. The number of hydrogen-bond donors (Lipinski definition) is 2. The van der Waals surface area contributed by atoms with Crippen molar-refractivity contribution in [1.29, 1.82) is 0 Å². The molecule has 2 atom stereocenters. The molecule has 2 aliphatic heterocycles. The molecule has 2 fully saturated rings. The van der Waals surface area contributed by atoms with E-state index in [1.807, 2.05) is 45.4 Å².